The van der Waals surface area contributed by atoms with E-state index in [1.54, 1.807) is 0 Å². The molecule has 0 spiro atoms. The molecule has 1 fully saturated rings. The first-order valence-electron chi connectivity index (χ1n) is 5.60. The van der Waals surface area contributed by atoms with Crippen LogP contribution in [-0.4, -0.2) is 38.1 Å². The van der Waals surface area contributed by atoms with Crippen LogP contribution < -0.4 is 5.32 Å². The van der Waals surface area contributed by atoms with Crippen LogP contribution in [0.3, 0.4) is 0 Å². The summed E-state index contributed by atoms with van der Waals surface area (Å²) in [6, 6.07) is 0.801. The van der Waals surface area contributed by atoms with Crippen molar-refractivity contribution in [2.24, 2.45) is 5.92 Å². The minimum atomic E-state index is 0.785. The molecule has 78 valence electrons. The Morgan fingerprint density at radius 1 is 1.38 bits per heavy atom. The first-order valence-corrected chi connectivity index (χ1v) is 5.60. The summed E-state index contributed by atoms with van der Waals surface area (Å²) in [5.74, 6) is 0.785. The van der Waals surface area contributed by atoms with Gasteiger partial charge in [-0.15, -0.1) is 0 Å². The van der Waals surface area contributed by atoms with Crippen molar-refractivity contribution in [3.05, 3.63) is 0 Å². The third-order valence-electron chi connectivity index (χ3n) is 3.26. The Bertz CT molecular complexity index is 136. The van der Waals surface area contributed by atoms with Gasteiger partial charge in [-0.1, -0.05) is 19.8 Å². The van der Waals surface area contributed by atoms with Crippen LogP contribution in [0.5, 0.6) is 0 Å². The average Bonchev–Trinajstić information content (AvgIpc) is 2.30. The van der Waals surface area contributed by atoms with Crippen LogP contribution in [0.15, 0.2) is 0 Å². The molecule has 1 saturated heterocycles. The van der Waals surface area contributed by atoms with Gasteiger partial charge in [-0.25, -0.2) is 0 Å². The van der Waals surface area contributed by atoms with Crippen LogP contribution >= 0.6 is 0 Å². The molecule has 13 heavy (non-hydrogen) atoms. The van der Waals surface area contributed by atoms with Crippen molar-refractivity contribution in [2.75, 3.05) is 27.2 Å². The summed E-state index contributed by atoms with van der Waals surface area (Å²) in [6.07, 6.45) is 5.62. The molecule has 0 aromatic rings. The molecule has 2 unspecified atom stereocenters. The highest BCUT2D eigenvalue weighted by Crippen LogP contribution is 2.20. The zero-order valence-electron chi connectivity index (χ0n) is 9.34. The molecule has 0 aromatic heterocycles. The lowest BCUT2D eigenvalue weighted by Crippen LogP contribution is -2.39. The Kier molecular flexibility index (Phi) is 4.74. The highest BCUT2D eigenvalue weighted by Gasteiger charge is 2.22. The first-order chi connectivity index (χ1) is 6.25. The SMILES string of the molecule is CNCC(C)C1CCCCCN1C. The molecule has 0 amide bonds. The van der Waals surface area contributed by atoms with Crippen LogP contribution in [0.25, 0.3) is 0 Å². The average molecular weight is 184 g/mol. The summed E-state index contributed by atoms with van der Waals surface area (Å²) < 4.78 is 0. The maximum absolute atomic E-state index is 3.28. The Morgan fingerprint density at radius 2 is 2.15 bits per heavy atom. The molecule has 0 saturated carbocycles. The molecular weight excluding hydrogens is 160 g/mol. The Labute approximate surface area is 82.7 Å². The predicted octanol–water partition coefficient (Wildman–Crippen LogP) is 1.72. The van der Waals surface area contributed by atoms with Crippen molar-refractivity contribution < 1.29 is 0 Å². The zero-order valence-corrected chi connectivity index (χ0v) is 9.34. The molecule has 2 heteroatoms. The summed E-state index contributed by atoms with van der Waals surface area (Å²) in [7, 11) is 4.33. The van der Waals surface area contributed by atoms with E-state index in [0.29, 0.717) is 0 Å². The quantitative estimate of drug-likeness (QED) is 0.718. The zero-order chi connectivity index (χ0) is 9.68. The number of hydrogen-bond acceptors (Lipinski definition) is 2. The van der Waals surface area contributed by atoms with Gasteiger partial charge < -0.3 is 10.2 Å². The molecule has 0 aromatic carbocycles. The van der Waals surface area contributed by atoms with Crippen molar-refractivity contribution in [1.29, 1.82) is 0 Å². The smallest absolute Gasteiger partial charge is 0.0130 e. The van der Waals surface area contributed by atoms with Crippen LogP contribution in [0.1, 0.15) is 32.6 Å². The predicted molar refractivity (Wildman–Crippen MR) is 58.0 cm³/mol. The van der Waals surface area contributed by atoms with E-state index in [1.165, 1.54) is 32.2 Å². The first kappa shape index (κ1) is 11.0. The minimum Gasteiger partial charge on any atom is -0.319 e. The molecule has 1 aliphatic heterocycles. The minimum absolute atomic E-state index is 0.785. The number of likely N-dealkylation sites (tertiary alicyclic amines) is 1. The van der Waals surface area contributed by atoms with E-state index < -0.39 is 0 Å². The maximum Gasteiger partial charge on any atom is 0.0130 e. The van der Waals surface area contributed by atoms with Crippen LogP contribution in [0.4, 0.5) is 0 Å². The van der Waals surface area contributed by atoms with E-state index in [-0.39, 0.29) is 0 Å². The number of nitrogens with one attached hydrogen (secondary N) is 1. The summed E-state index contributed by atoms with van der Waals surface area (Å²) in [6.45, 7) is 4.80. The Balaban J connectivity index is 2.43. The van der Waals surface area contributed by atoms with Crippen LogP contribution in [-0.2, 0) is 0 Å². The topological polar surface area (TPSA) is 15.3 Å². The highest BCUT2D eigenvalue weighted by molar-refractivity contribution is 4.78. The van der Waals surface area contributed by atoms with E-state index in [9.17, 15) is 0 Å². The summed E-state index contributed by atoms with van der Waals surface area (Å²) in [5, 5.41) is 3.28. The number of rotatable bonds is 3. The van der Waals surface area contributed by atoms with Crippen molar-refractivity contribution in [1.82, 2.24) is 10.2 Å². The van der Waals surface area contributed by atoms with Gasteiger partial charge in [0.15, 0.2) is 0 Å². The standard InChI is InChI=1S/C11H24N2/c1-10(9-12-2)11-7-5-4-6-8-13(11)3/h10-12H,4-9H2,1-3H3. The fourth-order valence-corrected chi connectivity index (χ4v) is 2.45. The highest BCUT2D eigenvalue weighted by atomic mass is 15.1. The van der Waals surface area contributed by atoms with Crippen molar-refractivity contribution >= 4 is 0 Å². The second-order valence-corrected chi connectivity index (χ2v) is 4.43. The van der Waals surface area contributed by atoms with Gasteiger partial charge in [0.2, 0.25) is 0 Å². The summed E-state index contributed by atoms with van der Waals surface area (Å²) >= 11 is 0. The fraction of sp³-hybridized carbons (Fsp3) is 1.00. The summed E-state index contributed by atoms with van der Waals surface area (Å²) in [4.78, 5) is 2.55. The van der Waals surface area contributed by atoms with Crippen molar-refractivity contribution in [3.8, 4) is 0 Å². The van der Waals surface area contributed by atoms with E-state index in [0.717, 1.165) is 18.5 Å². The second-order valence-electron chi connectivity index (χ2n) is 4.43. The molecule has 2 atom stereocenters. The lowest BCUT2D eigenvalue weighted by Gasteiger charge is -2.31. The molecule has 1 heterocycles. The van der Waals surface area contributed by atoms with Gasteiger partial charge in [0.05, 0.1) is 0 Å². The van der Waals surface area contributed by atoms with Gasteiger partial charge in [-0.05, 0) is 45.9 Å². The molecule has 2 nitrogen and oxygen atoms in total. The van der Waals surface area contributed by atoms with E-state index in [1.807, 2.05) is 7.05 Å². The molecule has 0 aliphatic carbocycles. The summed E-state index contributed by atoms with van der Waals surface area (Å²) in [5.41, 5.74) is 0. The van der Waals surface area contributed by atoms with Crippen molar-refractivity contribution in [2.45, 2.75) is 38.6 Å². The third-order valence-corrected chi connectivity index (χ3v) is 3.26. The molecule has 0 radical (unpaired) electrons. The number of hydrogen-bond donors (Lipinski definition) is 1. The molecule has 1 N–H and O–H groups in total. The van der Waals surface area contributed by atoms with Crippen LogP contribution in [0, 0.1) is 5.92 Å². The largest absolute Gasteiger partial charge is 0.319 e. The maximum atomic E-state index is 3.28. The molecule has 0 bridgehead atoms. The molecule has 1 aliphatic rings. The molecule has 1 rings (SSSR count). The fourth-order valence-electron chi connectivity index (χ4n) is 2.45. The second kappa shape index (κ2) is 5.61. The number of nitrogens with zero attached hydrogens (tertiary/aromatic N) is 1. The van der Waals surface area contributed by atoms with Crippen LogP contribution in [0.2, 0.25) is 0 Å². The van der Waals surface area contributed by atoms with E-state index in [4.69, 9.17) is 0 Å². The lowest BCUT2D eigenvalue weighted by atomic mass is 9.96. The normalized spacial score (nSPS) is 28.4. The Morgan fingerprint density at radius 3 is 2.85 bits per heavy atom. The van der Waals surface area contributed by atoms with Gasteiger partial charge in [0, 0.05) is 6.04 Å². The monoisotopic (exact) mass is 184 g/mol. The van der Waals surface area contributed by atoms with E-state index in [2.05, 4.69) is 24.2 Å². The van der Waals surface area contributed by atoms with Gasteiger partial charge in [-0.3, -0.25) is 0 Å². The van der Waals surface area contributed by atoms with Gasteiger partial charge in [0.25, 0.3) is 0 Å². The van der Waals surface area contributed by atoms with Gasteiger partial charge in [0.1, 0.15) is 0 Å². The lowest BCUT2D eigenvalue weighted by molar-refractivity contribution is 0.184. The van der Waals surface area contributed by atoms with E-state index >= 15 is 0 Å². The van der Waals surface area contributed by atoms with Gasteiger partial charge >= 0.3 is 0 Å². The molecular formula is C11H24N2. The Hall–Kier alpha value is -0.0800. The third kappa shape index (κ3) is 3.28. The van der Waals surface area contributed by atoms with Crippen molar-refractivity contribution in [3.63, 3.8) is 0 Å². The van der Waals surface area contributed by atoms with Gasteiger partial charge in [-0.2, -0.15) is 0 Å².